The van der Waals surface area contributed by atoms with Crippen molar-refractivity contribution >= 4 is 67.5 Å². The maximum atomic E-state index is 13.5. The number of sulfone groups is 1. The van der Waals surface area contributed by atoms with E-state index in [2.05, 4.69) is 10.6 Å². The number of thiophene rings is 1. The molecule has 10 nitrogen and oxygen atoms in total. The zero-order valence-corrected chi connectivity index (χ0v) is 25.9. The summed E-state index contributed by atoms with van der Waals surface area (Å²) in [6.07, 6.45) is 0. The zero-order chi connectivity index (χ0) is 32.4. The van der Waals surface area contributed by atoms with Gasteiger partial charge in [-0.2, -0.15) is 0 Å². The van der Waals surface area contributed by atoms with Crippen LogP contribution in [0.25, 0.3) is 0 Å². The van der Waals surface area contributed by atoms with Crippen LogP contribution in [0.3, 0.4) is 0 Å². The maximum absolute atomic E-state index is 13.5. The number of non-ortho nitro benzene ring substituents is 1. The van der Waals surface area contributed by atoms with Crippen molar-refractivity contribution in [3.63, 3.8) is 0 Å². The monoisotopic (exact) mass is 667 g/mol. The van der Waals surface area contributed by atoms with Gasteiger partial charge in [-0.15, -0.1) is 11.3 Å². The number of carbonyl (C=O) groups is 3. The van der Waals surface area contributed by atoms with Gasteiger partial charge >= 0.3 is 0 Å². The van der Waals surface area contributed by atoms with Crippen molar-refractivity contribution in [2.45, 2.75) is 14.0 Å². The Balaban J connectivity index is 1.20. The van der Waals surface area contributed by atoms with Crippen LogP contribution in [0.15, 0.2) is 139 Å². The molecule has 4 aromatic carbocycles. The number of amides is 1. The van der Waals surface area contributed by atoms with E-state index < -0.39 is 20.7 Å². The second-order valence-electron chi connectivity index (χ2n) is 9.88. The van der Waals surface area contributed by atoms with E-state index in [1.54, 1.807) is 24.3 Å². The van der Waals surface area contributed by atoms with Crippen molar-refractivity contribution in [3.05, 3.63) is 152 Å². The number of allylic oxidation sites excluding steroid dienone is 2. The highest BCUT2D eigenvalue weighted by atomic mass is 32.2. The lowest BCUT2D eigenvalue weighted by atomic mass is 9.92. The largest absolute Gasteiger partial charge is 0.351 e. The molecule has 5 aromatic rings. The first-order valence-electron chi connectivity index (χ1n) is 13.5. The molecule has 0 spiro atoms. The van der Waals surface area contributed by atoms with Crippen molar-refractivity contribution in [2.24, 2.45) is 0 Å². The minimum atomic E-state index is -3.94. The van der Waals surface area contributed by atoms with Crippen LogP contribution in [0, 0.1) is 10.1 Å². The summed E-state index contributed by atoms with van der Waals surface area (Å²) in [5, 5.41) is 18.4. The minimum absolute atomic E-state index is 0.000674. The number of hydrogen-bond donors (Lipinski definition) is 2. The second-order valence-corrected chi connectivity index (χ2v) is 14.1. The first-order valence-corrected chi connectivity index (χ1v) is 16.7. The van der Waals surface area contributed by atoms with E-state index in [0.29, 0.717) is 16.9 Å². The van der Waals surface area contributed by atoms with Gasteiger partial charge in [0.2, 0.25) is 21.4 Å². The molecule has 0 saturated carbocycles. The maximum Gasteiger partial charge on any atom is 0.269 e. The predicted octanol–water partition coefficient (Wildman–Crippen LogP) is 7.24. The Morgan fingerprint density at radius 2 is 1.33 bits per heavy atom. The third-order valence-corrected chi connectivity index (χ3v) is 10.9. The molecule has 1 aliphatic rings. The van der Waals surface area contributed by atoms with Crippen LogP contribution in [0.4, 0.5) is 17.1 Å². The van der Waals surface area contributed by atoms with Gasteiger partial charge in [0.1, 0.15) is 5.70 Å². The van der Waals surface area contributed by atoms with Crippen LogP contribution in [0.5, 0.6) is 0 Å². The first-order chi connectivity index (χ1) is 22.1. The minimum Gasteiger partial charge on any atom is -0.351 e. The van der Waals surface area contributed by atoms with E-state index in [0.717, 1.165) is 4.21 Å². The van der Waals surface area contributed by atoms with Crippen molar-refractivity contribution in [1.82, 2.24) is 0 Å². The standard InChI is InChI=1S/C33H21N3O7S3/c37-30-26-4-1-2-5-27(26)31(38)32(45-28-6-3-19-44-28)29(30)34-21-9-15-24(16-10-21)46(42,43)25-17-11-22(12-18-25)35-33(39)20-7-13-23(14-8-20)36(40)41/h1-19,34H,(H,35,39). The lowest BCUT2D eigenvalue weighted by Gasteiger charge is -2.21. The van der Waals surface area contributed by atoms with Crippen LogP contribution >= 0.6 is 23.1 Å². The van der Waals surface area contributed by atoms with Gasteiger partial charge < -0.3 is 10.6 Å². The molecule has 1 amide bonds. The number of nitrogens with zero attached hydrogens (tertiary/aromatic N) is 1. The number of thioether (sulfide) groups is 1. The van der Waals surface area contributed by atoms with Gasteiger partial charge in [-0.05, 0) is 72.1 Å². The molecule has 0 saturated heterocycles. The normalized spacial score (nSPS) is 12.9. The van der Waals surface area contributed by atoms with Crippen molar-refractivity contribution in [2.75, 3.05) is 10.6 Å². The number of benzene rings is 4. The SMILES string of the molecule is O=C(Nc1ccc(S(=O)(=O)c2ccc(NC3=C(Sc4cccs4)C(=O)c4ccccc4C3=O)cc2)cc1)c1ccc([N+](=O)[O-])cc1. The topological polar surface area (TPSA) is 153 Å². The van der Waals surface area contributed by atoms with Crippen LogP contribution in [-0.4, -0.2) is 30.8 Å². The molecule has 1 aliphatic carbocycles. The highest BCUT2D eigenvalue weighted by Crippen LogP contribution is 2.39. The third-order valence-electron chi connectivity index (χ3n) is 6.97. The Labute approximate surface area is 270 Å². The Hall–Kier alpha value is -5.37. The number of anilines is 2. The van der Waals surface area contributed by atoms with E-state index in [-0.39, 0.29) is 48.8 Å². The van der Waals surface area contributed by atoms with Crippen molar-refractivity contribution < 1.29 is 27.7 Å². The molecule has 0 unspecified atom stereocenters. The fourth-order valence-electron chi connectivity index (χ4n) is 4.64. The summed E-state index contributed by atoms with van der Waals surface area (Å²) in [4.78, 5) is 50.0. The Kier molecular flexibility index (Phi) is 8.37. The molecule has 0 aliphatic heterocycles. The lowest BCUT2D eigenvalue weighted by molar-refractivity contribution is -0.384. The molecule has 2 N–H and O–H groups in total. The smallest absolute Gasteiger partial charge is 0.269 e. The Morgan fingerprint density at radius 1 is 0.739 bits per heavy atom. The molecule has 1 aromatic heterocycles. The fraction of sp³-hybridized carbons (Fsp3) is 0. The van der Waals surface area contributed by atoms with E-state index in [1.807, 2.05) is 17.5 Å². The molecule has 1 heterocycles. The lowest BCUT2D eigenvalue weighted by Crippen LogP contribution is -2.25. The first kappa shape index (κ1) is 30.6. The number of Topliss-reactive ketones (excluding diaryl/α,β-unsaturated/α-hetero) is 2. The van der Waals surface area contributed by atoms with Crippen LogP contribution in [0.1, 0.15) is 31.1 Å². The highest BCUT2D eigenvalue weighted by Gasteiger charge is 2.33. The number of rotatable bonds is 9. The summed E-state index contributed by atoms with van der Waals surface area (Å²) in [6.45, 7) is 0. The van der Waals surface area contributed by atoms with E-state index in [9.17, 15) is 32.9 Å². The quantitative estimate of drug-likeness (QED) is 0.122. The average Bonchev–Trinajstić information content (AvgIpc) is 3.59. The third kappa shape index (κ3) is 6.11. The van der Waals surface area contributed by atoms with Gasteiger partial charge in [-0.1, -0.05) is 42.1 Å². The van der Waals surface area contributed by atoms with Gasteiger partial charge in [0.05, 0.1) is 23.8 Å². The molecule has 46 heavy (non-hydrogen) atoms. The van der Waals surface area contributed by atoms with Crippen LogP contribution < -0.4 is 10.6 Å². The molecule has 228 valence electrons. The molecule has 0 bridgehead atoms. The van der Waals surface area contributed by atoms with Crippen molar-refractivity contribution in [1.29, 1.82) is 0 Å². The van der Waals surface area contributed by atoms with E-state index >= 15 is 0 Å². The summed E-state index contributed by atoms with van der Waals surface area (Å²) < 4.78 is 27.6. The number of nitrogens with one attached hydrogen (secondary N) is 2. The van der Waals surface area contributed by atoms with Gasteiger partial charge in [0, 0.05) is 40.2 Å². The summed E-state index contributed by atoms with van der Waals surface area (Å²) >= 11 is 2.65. The number of fused-ring (bicyclic) bond motifs is 1. The van der Waals surface area contributed by atoms with Crippen molar-refractivity contribution in [3.8, 4) is 0 Å². The van der Waals surface area contributed by atoms with Gasteiger partial charge in [0.25, 0.3) is 11.6 Å². The molecular weight excluding hydrogens is 647 g/mol. The molecule has 0 radical (unpaired) electrons. The summed E-state index contributed by atoms with van der Waals surface area (Å²) in [5.41, 5.74) is 1.54. The Morgan fingerprint density at radius 3 is 1.89 bits per heavy atom. The fourth-order valence-corrected chi connectivity index (χ4v) is 7.75. The van der Waals surface area contributed by atoms with Gasteiger partial charge in [0.15, 0.2) is 0 Å². The molecule has 0 fully saturated rings. The number of carbonyl (C=O) groups excluding carboxylic acids is 3. The number of ketones is 2. The summed E-state index contributed by atoms with van der Waals surface area (Å²) in [5.74, 6) is -1.13. The van der Waals surface area contributed by atoms with Gasteiger partial charge in [-0.3, -0.25) is 24.5 Å². The number of hydrogen-bond acceptors (Lipinski definition) is 10. The van der Waals surface area contributed by atoms with E-state index in [1.165, 1.54) is 95.9 Å². The van der Waals surface area contributed by atoms with E-state index in [4.69, 9.17) is 0 Å². The molecule has 6 rings (SSSR count). The molecular formula is C33H21N3O7S3. The summed E-state index contributed by atoms with van der Waals surface area (Å²) in [6, 6.07) is 26.9. The zero-order valence-electron chi connectivity index (χ0n) is 23.5. The predicted molar refractivity (Wildman–Crippen MR) is 175 cm³/mol. The van der Waals surface area contributed by atoms with Crippen LogP contribution in [0.2, 0.25) is 0 Å². The second kappa shape index (κ2) is 12.6. The average molecular weight is 668 g/mol. The molecule has 13 heteroatoms. The highest BCUT2D eigenvalue weighted by molar-refractivity contribution is 8.05. The van der Waals surface area contributed by atoms with Gasteiger partial charge in [-0.25, -0.2) is 8.42 Å². The Bertz CT molecular complexity index is 2140. The number of nitro benzene ring substituents is 1. The summed E-state index contributed by atoms with van der Waals surface area (Å²) in [7, 11) is -3.94. The van der Waals surface area contributed by atoms with Crippen LogP contribution in [-0.2, 0) is 9.84 Å². The number of nitro groups is 1. The molecule has 0 atom stereocenters.